The zero-order valence-corrected chi connectivity index (χ0v) is 17.2. The Morgan fingerprint density at radius 2 is 1.35 bits per heavy atom. The van der Waals surface area contributed by atoms with Crippen molar-refractivity contribution in [1.82, 2.24) is 5.32 Å². The van der Waals surface area contributed by atoms with Crippen LogP contribution in [0.2, 0.25) is 0 Å². The van der Waals surface area contributed by atoms with Crippen molar-refractivity contribution in [3.8, 4) is 12.3 Å². The SMILES string of the molecule is C#CCCCCCCCCC=CCCCCCCCCC(=O)NC([CH2])C. The van der Waals surface area contributed by atoms with Crippen molar-refractivity contribution in [3.63, 3.8) is 0 Å². The Bertz CT molecular complexity index is 378. The van der Waals surface area contributed by atoms with Gasteiger partial charge in [0.1, 0.15) is 0 Å². The van der Waals surface area contributed by atoms with Gasteiger partial charge in [0.15, 0.2) is 0 Å². The first kappa shape index (κ1) is 24.8. The molecule has 1 amide bonds. The van der Waals surface area contributed by atoms with E-state index in [1.807, 2.05) is 6.92 Å². The van der Waals surface area contributed by atoms with E-state index >= 15 is 0 Å². The molecule has 0 rings (SSSR count). The van der Waals surface area contributed by atoms with Crippen LogP contribution >= 0.6 is 0 Å². The fraction of sp³-hybridized carbons (Fsp3) is 0.750. The van der Waals surface area contributed by atoms with E-state index < -0.39 is 0 Å². The van der Waals surface area contributed by atoms with Crippen LogP contribution in [0.4, 0.5) is 0 Å². The Balaban J connectivity index is 3.17. The van der Waals surface area contributed by atoms with Crippen LogP contribution in [0.25, 0.3) is 0 Å². The second kappa shape index (κ2) is 20.1. The number of allylic oxidation sites excluding steroid dienone is 2. The first-order chi connectivity index (χ1) is 12.7. The van der Waals surface area contributed by atoms with Crippen LogP contribution in [-0.2, 0) is 4.79 Å². The van der Waals surface area contributed by atoms with Crippen molar-refractivity contribution in [2.24, 2.45) is 0 Å². The highest BCUT2D eigenvalue weighted by atomic mass is 16.1. The molecule has 0 aliphatic heterocycles. The maximum absolute atomic E-state index is 11.5. The Morgan fingerprint density at radius 1 is 0.885 bits per heavy atom. The van der Waals surface area contributed by atoms with Gasteiger partial charge in [0, 0.05) is 18.9 Å². The maximum Gasteiger partial charge on any atom is 0.220 e. The summed E-state index contributed by atoms with van der Waals surface area (Å²) >= 11 is 0. The molecule has 2 heteroatoms. The van der Waals surface area contributed by atoms with Gasteiger partial charge in [-0.25, -0.2) is 0 Å². The molecule has 26 heavy (non-hydrogen) atoms. The topological polar surface area (TPSA) is 29.1 Å². The van der Waals surface area contributed by atoms with Gasteiger partial charge in [-0.1, -0.05) is 63.5 Å². The van der Waals surface area contributed by atoms with Crippen LogP contribution in [0.15, 0.2) is 12.2 Å². The van der Waals surface area contributed by atoms with E-state index in [0.29, 0.717) is 6.42 Å². The maximum atomic E-state index is 11.5. The molecule has 1 N–H and O–H groups in total. The van der Waals surface area contributed by atoms with Gasteiger partial charge >= 0.3 is 0 Å². The lowest BCUT2D eigenvalue weighted by atomic mass is 10.1. The lowest BCUT2D eigenvalue weighted by molar-refractivity contribution is -0.121. The smallest absolute Gasteiger partial charge is 0.220 e. The quantitative estimate of drug-likeness (QED) is 0.163. The first-order valence-electron chi connectivity index (χ1n) is 10.9. The van der Waals surface area contributed by atoms with Gasteiger partial charge in [-0.3, -0.25) is 4.79 Å². The molecule has 2 nitrogen and oxygen atoms in total. The van der Waals surface area contributed by atoms with Gasteiger partial charge in [0.25, 0.3) is 0 Å². The highest BCUT2D eigenvalue weighted by molar-refractivity contribution is 5.76. The predicted molar refractivity (Wildman–Crippen MR) is 115 cm³/mol. The average molecular weight is 361 g/mol. The van der Waals surface area contributed by atoms with Crippen LogP contribution in [-0.4, -0.2) is 11.9 Å². The summed E-state index contributed by atoms with van der Waals surface area (Å²) in [5, 5.41) is 2.84. The summed E-state index contributed by atoms with van der Waals surface area (Å²) in [6, 6.07) is 0.0137. The van der Waals surface area contributed by atoms with E-state index in [1.165, 1.54) is 77.0 Å². The number of hydrogen-bond acceptors (Lipinski definition) is 1. The number of unbranched alkanes of at least 4 members (excludes halogenated alkanes) is 13. The van der Waals surface area contributed by atoms with Gasteiger partial charge < -0.3 is 5.32 Å². The fourth-order valence-electron chi connectivity index (χ4n) is 3.03. The molecule has 0 saturated carbocycles. The minimum Gasteiger partial charge on any atom is -0.354 e. The van der Waals surface area contributed by atoms with Crippen molar-refractivity contribution in [2.45, 2.75) is 116 Å². The van der Waals surface area contributed by atoms with Crippen LogP contribution in [0.1, 0.15) is 110 Å². The number of hydrogen-bond donors (Lipinski definition) is 1. The minimum absolute atomic E-state index is 0.0137. The molecule has 0 aromatic rings. The Kier molecular flexibility index (Phi) is 19.1. The fourth-order valence-corrected chi connectivity index (χ4v) is 3.03. The van der Waals surface area contributed by atoms with Crippen LogP contribution in [0.5, 0.6) is 0 Å². The summed E-state index contributed by atoms with van der Waals surface area (Å²) in [5.41, 5.74) is 0. The molecule has 0 heterocycles. The van der Waals surface area contributed by atoms with E-state index in [-0.39, 0.29) is 11.9 Å². The zero-order chi connectivity index (χ0) is 19.3. The number of carbonyl (C=O) groups is 1. The summed E-state index contributed by atoms with van der Waals surface area (Å²) in [6.07, 6.45) is 29.2. The van der Waals surface area contributed by atoms with E-state index in [2.05, 4.69) is 30.3 Å². The van der Waals surface area contributed by atoms with E-state index in [0.717, 1.165) is 19.3 Å². The van der Waals surface area contributed by atoms with Crippen molar-refractivity contribution in [3.05, 3.63) is 19.1 Å². The summed E-state index contributed by atoms with van der Waals surface area (Å²) in [7, 11) is 0. The molecule has 1 atom stereocenters. The third-order valence-corrected chi connectivity index (χ3v) is 4.54. The summed E-state index contributed by atoms with van der Waals surface area (Å²) in [5.74, 6) is 2.84. The Hall–Kier alpha value is -1.23. The Morgan fingerprint density at radius 3 is 1.85 bits per heavy atom. The summed E-state index contributed by atoms with van der Waals surface area (Å²) in [4.78, 5) is 11.5. The van der Waals surface area contributed by atoms with E-state index in [4.69, 9.17) is 6.42 Å². The monoisotopic (exact) mass is 360 g/mol. The molecule has 0 aromatic heterocycles. The number of terminal acetylenes is 1. The van der Waals surface area contributed by atoms with E-state index in [1.54, 1.807) is 0 Å². The Labute approximate surface area is 163 Å². The first-order valence-corrected chi connectivity index (χ1v) is 10.9. The van der Waals surface area contributed by atoms with Crippen molar-refractivity contribution < 1.29 is 4.79 Å². The molecule has 0 saturated heterocycles. The lowest BCUT2D eigenvalue weighted by Crippen LogP contribution is -2.29. The van der Waals surface area contributed by atoms with Crippen LogP contribution in [0.3, 0.4) is 0 Å². The van der Waals surface area contributed by atoms with Crippen molar-refractivity contribution in [1.29, 1.82) is 0 Å². The van der Waals surface area contributed by atoms with Gasteiger partial charge in [-0.2, -0.15) is 0 Å². The second-order valence-electron chi connectivity index (χ2n) is 7.46. The molecule has 0 fully saturated rings. The third-order valence-electron chi connectivity index (χ3n) is 4.54. The zero-order valence-electron chi connectivity index (χ0n) is 17.2. The normalized spacial score (nSPS) is 11.2. The summed E-state index contributed by atoms with van der Waals surface area (Å²) in [6.45, 7) is 5.67. The van der Waals surface area contributed by atoms with Gasteiger partial charge in [0.2, 0.25) is 5.91 Å². The minimum atomic E-state index is 0.0137. The van der Waals surface area contributed by atoms with Crippen LogP contribution in [0, 0.1) is 19.3 Å². The molecule has 149 valence electrons. The van der Waals surface area contributed by atoms with Crippen molar-refractivity contribution >= 4 is 5.91 Å². The van der Waals surface area contributed by atoms with E-state index in [9.17, 15) is 4.79 Å². The third kappa shape index (κ3) is 20.8. The standard InChI is InChI=1S/C24H42NO/c1-4-5-6-7-8-9-10-11-12-13-14-15-16-17-18-19-20-21-22-24(26)25-23(2)3/h1,13-14,23H,2,5-12,15-22H2,3H3,(H,25,26). The molecule has 0 aliphatic rings. The molecule has 1 radical (unpaired) electrons. The van der Waals surface area contributed by atoms with Gasteiger partial charge in [0.05, 0.1) is 0 Å². The van der Waals surface area contributed by atoms with Gasteiger partial charge in [-0.05, 0) is 52.4 Å². The average Bonchev–Trinajstić information content (AvgIpc) is 2.60. The molecule has 0 aromatic carbocycles. The number of rotatable bonds is 18. The number of carbonyl (C=O) groups excluding carboxylic acids is 1. The molecule has 0 spiro atoms. The number of nitrogens with one attached hydrogen (secondary N) is 1. The lowest BCUT2D eigenvalue weighted by Gasteiger charge is -2.07. The number of amides is 1. The molecule has 0 bridgehead atoms. The summed E-state index contributed by atoms with van der Waals surface area (Å²) < 4.78 is 0. The van der Waals surface area contributed by atoms with Crippen molar-refractivity contribution in [2.75, 3.05) is 0 Å². The predicted octanol–water partition coefficient (Wildman–Crippen LogP) is 6.76. The highest BCUT2D eigenvalue weighted by Crippen LogP contribution is 2.11. The largest absolute Gasteiger partial charge is 0.354 e. The molecular formula is C24H42NO. The highest BCUT2D eigenvalue weighted by Gasteiger charge is 2.02. The van der Waals surface area contributed by atoms with Crippen LogP contribution < -0.4 is 5.32 Å². The molecular weight excluding hydrogens is 318 g/mol. The van der Waals surface area contributed by atoms with Gasteiger partial charge in [-0.15, -0.1) is 12.3 Å². The molecule has 0 aliphatic carbocycles. The molecule has 1 unspecified atom stereocenters. The second-order valence-corrected chi connectivity index (χ2v) is 7.46.